The van der Waals surface area contributed by atoms with Gasteiger partial charge in [-0.05, 0) is 25.5 Å². The first-order chi connectivity index (χ1) is 11.0. The van der Waals surface area contributed by atoms with Gasteiger partial charge in [0.2, 0.25) is 0 Å². The molecule has 124 valence electrons. The predicted octanol–water partition coefficient (Wildman–Crippen LogP) is 1.57. The number of benzene rings is 1. The zero-order valence-electron chi connectivity index (χ0n) is 13.3. The van der Waals surface area contributed by atoms with E-state index in [0.717, 1.165) is 0 Å². The minimum absolute atomic E-state index is 0.254. The van der Waals surface area contributed by atoms with E-state index in [9.17, 15) is 14.4 Å². The minimum Gasteiger partial charge on any atom is -0.490 e. The van der Waals surface area contributed by atoms with Gasteiger partial charge >= 0.3 is 5.97 Å². The highest BCUT2D eigenvalue weighted by atomic mass is 16.5. The summed E-state index contributed by atoms with van der Waals surface area (Å²) in [5, 5.41) is 0. The number of amides is 1. The number of methoxy groups -OCH3 is 1. The molecule has 1 unspecified atom stereocenters. The molecule has 1 aromatic rings. The Morgan fingerprint density at radius 1 is 1.39 bits per heavy atom. The summed E-state index contributed by atoms with van der Waals surface area (Å²) in [6, 6.07) is 3.05. The van der Waals surface area contributed by atoms with Crippen molar-refractivity contribution in [1.82, 2.24) is 0 Å². The van der Waals surface area contributed by atoms with Crippen molar-refractivity contribution in [2.45, 2.75) is 26.4 Å². The standard InChI is InChI=1S/C16H19NO6/c1-4-12-16(20)17(8-14(19)21-3)11-6-10(9-18)7-13(22-5-2)15(11)23-12/h6-7,9,12H,4-5,8H2,1-3H3. The van der Waals surface area contributed by atoms with Gasteiger partial charge in [-0.1, -0.05) is 6.92 Å². The molecule has 2 rings (SSSR count). The molecule has 0 fully saturated rings. The van der Waals surface area contributed by atoms with Gasteiger partial charge in [0, 0.05) is 5.56 Å². The lowest BCUT2D eigenvalue weighted by Gasteiger charge is -2.34. The van der Waals surface area contributed by atoms with E-state index in [4.69, 9.17) is 9.47 Å². The fourth-order valence-electron chi connectivity index (χ4n) is 2.36. The van der Waals surface area contributed by atoms with E-state index in [1.807, 2.05) is 6.92 Å². The maximum atomic E-state index is 12.5. The van der Waals surface area contributed by atoms with E-state index in [1.54, 1.807) is 13.0 Å². The molecule has 0 saturated carbocycles. The Bertz CT molecular complexity index is 627. The highest BCUT2D eigenvalue weighted by molar-refractivity contribution is 6.04. The minimum atomic E-state index is -0.714. The van der Waals surface area contributed by atoms with Crippen molar-refractivity contribution in [1.29, 1.82) is 0 Å². The average Bonchev–Trinajstić information content (AvgIpc) is 2.57. The first kappa shape index (κ1) is 16.8. The Balaban J connectivity index is 2.56. The first-order valence-corrected chi connectivity index (χ1v) is 7.36. The fourth-order valence-corrected chi connectivity index (χ4v) is 2.36. The molecule has 1 aliphatic rings. The van der Waals surface area contributed by atoms with Crippen LogP contribution in [-0.2, 0) is 14.3 Å². The summed E-state index contributed by atoms with van der Waals surface area (Å²) >= 11 is 0. The molecule has 1 aromatic carbocycles. The second kappa shape index (κ2) is 7.13. The van der Waals surface area contributed by atoms with E-state index in [2.05, 4.69) is 4.74 Å². The van der Waals surface area contributed by atoms with Gasteiger partial charge in [0.25, 0.3) is 5.91 Å². The van der Waals surface area contributed by atoms with E-state index >= 15 is 0 Å². The van der Waals surface area contributed by atoms with Crippen molar-refractivity contribution >= 4 is 23.9 Å². The summed E-state index contributed by atoms with van der Waals surface area (Å²) in [6.07, 6.45) is 0.375. The van der Waals surface area contributed by atoms with Gasteiger partial charge in [0.15, 0.2) is 17.6 Å². The number of esters is 1. The molecule has 1 atom stereocenters. The summed E-state index contributed by atoms with van der Waals surface area (Å²) < 4.78 is 15.9. The molecule has 0 spiro atoms. The van der Waals surface area contributed by atoms with Gasteiger partial charge in [-0.2, -0.15) is 0 Å². The van der Waals surface area contributed by atoms with Crippen LogP contribution in [0, 0.1) is 0 Å². The lowest BCUT2D eigenvalue weighted by molar-refractivity contribution is -0.140. The van der Waals surface area contributed by atoms with E-state index in [-0.39, 0.29) is 12.5 Å². The van der Waals surface area contributed by atoms with Crippen LogP contribution in [0.4, 0.5) is 5.69 Å². The second-order valence-electron chi connectivity index (χ2n) is 4.93. The fraction of sp³-hybridized carbons (Fsp3) is 0.438. The summed E-state index contributed by atoms with van der Waals surface area (Å²) in [5.74, 6) is -0.188. The van der Waals surface area contributed by atoms with Crippen LogP contribution in [-0.4, -0.2) is 44.5 Å². The van der Waals surface area contributed by atoms with Crippen LogP contribution < -0.4 is 14.4 Å². The topological polar surface area (TPSA) is 82.1 Å². The zero-order valence-corrected chi connectivity index (χ0v) is 13.3. The second-order valence-corrected chi connectivity index (χ2v) is 4.93. The van der Waals surface area contributed by atoms with Crippen LogP contribution in [0.2, 0.25) is 0 Å². The Hall–Kier alpha value is -2.57. The lowest BCUT2D eigenvalue weighted by atomic mass is 10.1. The van der Waals surface area contributed by atoms with Gasteiger partial charge in [0.1, 0.15) is 12.8 Å². The molecule has 23 heavy (non-hydrogen) atoms. The quantitative estimate of drug-likeness (QED) is 0.584. The molecule has 7 nitrogen and oxygen atoms in total. The SMILES string of the molecule is CCOc1cc(C=O)cc2c1OC(CC)C(=O)N2CC(=O)OC. The van der Waals surface area contributed by atoms with Crippen molar-refractivity contribution in [2.75, 3.05) is 25.2 Å². The summed E-state index contributed by atoms with van der Waals surface area (Å²) in [6.45, 7) is 3.73. The highest BCUT2D eigenvalue weighted by Crippen LogP contribution is 2.43. The maximum Gasteiger partial charge on any atom is 0.325 e. The van der Waals surface area contributed by atoms with E-state index in [0.29, 0.717) is 42.1 Å². The monoisotopic (exact) mass is 321 g/mol. The third-order valence-corrected chi connectivity index (χ3v) is 3.47. The van der Waals surface area contributed by atoms with Crippen molar-refractivity contribution in [2.24, 2.45) is 0 Å². The molecule has 7 heteroatoms. The highest BCUT2D eigenvalue weighted by Gasteiger charge is 2.36. The summed E-state index contributed by atoms with van der Waals surface area (Å²) in [4.78, 5) is 36.6. The third-order valence-electron chi connectivity index (χ3n) is 3.47. The Kier molecular flexibility index (Phi) is 5.20. The zero-order chi connectivity index (χ0) is 17.0. The molecule has 0 aromatic heterocycles. The largest absolute Gasteiger partial charge is 0.490 e. The van der Waals surface area contributed by atoms with Crippen LogP contribution in [0.5, 0.6) is 11.5 Å². The number of hydrogen-bond acceptors (Lipinski definition) is 6. The number of anilines is 1. The van der Waals surface area contributed by atoms with Crippen molar-refractivity contribution in [3.8, 4) is 11.5 Å². The molecule has 1 heterocycles. The molecule has 1 aliphatic heterocycles. The van der Waals surface area contributed by atoms with Crippen LogP contribution in [0.1, 0.15) is 30.6 Å². The number of ether oxygens (including phenoxy) is 3. The lowest BCUT2D eigenvalue weighted by Crippen LogP contribution is -2.48. The Morgan fingerprint density at radius 3 is 2.70 bits per heavy atom. The molecular weight excluding hydrogens is 302 g/mol. The number of fused-ring (bicyclic) bond motifs is 1. The van der Waals surface area contributed by atoms with Crippen molar-refractivity contribution in [3.63, 3.8) is 0 Å². The number of carbonyl (C=O) groups is 3. The van der Waals surface area contributed by atoms with E-state index in [1.165, 1.54) is 18.1 Å². The molecule has 0 N–H and O–H groups in total. The van der Waals surface area contributed by atoms with Gasteiger partial charge < -0.3 is 14.2 Å². The van der Waals surface area contributed by atoms with Gasteiger partial charge in [-0.3, -0.25) is 19.3 Å². The molecule has 1 amide bonds. The van der Waals surface area contributed by atoms with E-state index < -0.39 is 12.1 Å². The van der Waals surface area contributed by atoms with Gasteiger partial charge in [0.05, 0.1) is 19.4 Å². The Labute approximate surface area is 134 Å². The number of carbonyl (C=O) groups excluding carboxylic acids is 3. The van der Waals surface area contributed by atoms with Crippen molar-refractivity contribution in [3.05, 3.63) is 17.7 Å². The Morgan fingerprint density at radius 2 is 2.13 bits per heavy atom. The van der Waals surface area contributed by atoms with Gasteiger partial charge in [-0.25, -0.2) is 0 Å². The number of nitrogens with zero attached hydrogens (tertiary/aromatic N) is 1. The van der Waals surface area contributed by atoms with Gasteiger partial charge in [-0.15, -0.1) is 0 Å². The average molecular weight is 321 g/mol. The maximum absolute atomic E-state index is 12.5. The smallest absolute Gasteiger partial charge is 0.325 e. The van der Waals surface area contributed by atoms with Crippen LogP contribution >= 0.6 is 0 Å². The summed E-state index contributed by atoms with van der Waals surface area (Å²) in [7, 11) is 1.25. The molecule has 0 radical (unpaired) electrons. The third kappa shape index (κ3) is 3.28. The molecule has 0 saturated heterocycles. The molecule has 0 bridgehead atoms. The van der Waals surface area contributed by atoms with Crippen LogP contribution in [0.15, 0.2) is 12.1 Å². The van der Waals surface area contributed by atoms with Crippen LogP contribution in [0.25, 0.3) is 0 Å². The van der Waals surface area contributed by atoms with Crippen molar-refractivity contribution < 1.29 is 28.6 Å². The number of rotatable bonds is 6. The molecular formula is C16H19NO6. The van der Waals surface area contributed by atoms with Crippen LogP contribution in [0.3, 0.4) is 0 Å². The summed E-state index contributed by atoms with van der Waals surface area (Å²) in [5.41, 5.74) is 0.659. The number of hydrogen-bond donors (Lipinski definition) is 0. The molecule has 0 aliphatic carbocycles. The number of aldehydes is 1. The first-order valence-electron chi connectivity index (χ1n) is 7.36. The normalized spacial score (nSPS) is 16.4. The predicted molar refractivity (Wildman–Crippen MR) is 82.1 cm³/mol.